The molecule has 3 aliphatic rings. The molecule has 7 unspecified atom stereocenters. The van der Waals surface area contributed by atoms with Crippen LogP contribution in [0, 0.1) is 17.8 Å². The Bertz CT molecular complexity index is 556. The quantitative estimate of drug-likeness (QED) is 0.695. The zero-order valence-corrected chi connectivity index (χ0v) is 13.2. The molecule has 0 aromatic rings. The van der Waals surface area contributed by atoms with Crippen LogP contribution in [-0.4, -0.2) is 56.6 Å². The summed E-state index contributed by atoms with van der Waals surface area (Å²) in [5, 5.41) is -4.83. The van der Waals surface area contributed by atoms with Crippen LogP contribution in [0.2, 0.25) is 0 Å². The van der Waals surface area contributed by atoms with Gasteiger partial charge in [-0.25, -0.2) is 4.39 Å². The van der Waals surface area contributed by atoms with Gasteiger partial charge in [-0.2, -0.15) is 17.2 Å². The van der Waals surface area contributed by atoms with Crippen LogP contribution in [-0.2, 0) is 24.3 Å². The van der Waals surface area contributed by atoms with Crippen molar-refractivity contribution in [2.24, 2.45) is 17.8 Å². The maximum atomic E-state index is 13.4. The van der Waals surface area contributed by atoms with Crippen molar-refractivity contribution in [2.45, 2.75) is 49.2 Å². The molecule has 2 aliphatic carbocycles. The van der Waals surface area contributed by atoms with Crippen molar-refractivity contribution in [3.05, 3.63) is 0 Å². The van der Waals surface area contributed by atoms with E-state index in [9.17, 15) is 21.6 Å². The number of halogens is 3. The lowest BCUT2D eigenvalue weighted by molar-refractivity contribution is -0.149. The summed E-state index contributed by atoms with van der Waals surface area (Å²) in [5.41, 5.74) is 0. The molecule has 3 rings (SSSR count). The Morgan fingerprint density at radius 1 is 1.35 bits per heavy atom. The van der Waals surface area contributed by atoms with Crippen molar-refractivity contribution in [1.82, 2.24) is 0 Å². The molecule has 1 saturated heterocycles. The number of alkyl halides is 3. The Hall–Kier alpha value is -0.420. The van der Waals surface area contributed by atoms with Crippen LogP contribution in [0.25, 0.3) is 0 Å². The number of methoxy groups -OCH3 is 1. The predicted molar refractivity (Wildman–Crippen MR) is 71.1 cm³/mol. The van der Waals surface area contributed by atoms with E-state index in [1.165, 1.54) is 0 Å². The first-order chi connectivity index (χ1) is 10.7. The molecule has 7 atom stereocenters. The third kappa shape index (κ3) is 2.78. The van der Waals surface area contributed by atoms with Crippen LogP contribution in [0.4, 0.5) is 13.2 Å². The molecule has 0 radical (unpaired) electrons. The lowest BCUT2D eigenvalue weighted by Crippen LogP contribution is -2.40. The zero-order valence-electron chi connectivity index (χ0n) is 12.4. The second kappa shape index (κ2) is 5.83. The van der Waals surface area contributed by atoms with Crippen molar-refractivity contribution in [1.29, 1.82) is 0 Å². The van der Waals surface area contributed by atoms with Crippen LogP contribution in [0.3, 0.4) is 0 Å². The first-order valence-corrected chi connectivity index (χ1v) is 8.89. The molecule has 0 aromatic heterocycles. The Morgan fingerprint density at radius 3 is 2.61 bits per heavy atom. The van der Waals surface area contributed by atoms with Gasteiger partial charge in [0.05, 0.1) is 18.8 Å². The largest absolute Gasteiger partial charge is 0.400 e. The SMILES string of the molecule is COC1OC2C3CC(CC13)C2OCCC(F)C(F)(F)S(=O)(=O)O. The van der Waals surface area contributed by atoms with Gasteiger partial charge in [0.2, 0.25) is 0 Å². The fourth-order valence-electron chi connectivity index (χ4n) is 4.15. The van der Waals surface area contributed by atoms with Gasteiger partial charge in [-0.15, -0.1) is 0 Å². The highest BCUT2D eigenvalue weighted by atomic mass is 32.2. The molecule has 6 nitrogen and oxygen atoms in total. The minimum absolute atomic E-state index is 0.191. The van der Waals surface area contributed by atoms with Gasteiger partial charge >= 0.3 is 15.4 Å². The van der Waals surface area contributed by atoms with E-state index >= 15 is 0 Å². The van der Waals surface area contributed by atoms with E-state index in [0.29, 0.717) is 11.8 Å². The molecule has 0 amide bonds. The summed E-state index contributed by atoms with van der Waals surface area (Å²) < 4.78 is 85.5. The number of rotatable bonds is 7. The Balaban J connectivity index is 1.53. The van der Waals surface area contributed by atoms with Gasteiger partial charge in [0.1, 0.15) is 0 Å². The minimum atomic E-state index is -5.78. The molecular weight excluding hydrogens is 341 g/mol. The van der Waals surface area contributed by atoms with Crippen molar-refractivity contribution >= 4 is 10.1 Å². The molecule has 1 aliphatic heterocycles. The molecule has 1 heterocycles. The van der Waals surface area contributed by atoms with Gasteiger partial charge in [0.25, 0.3) is 0 Å². The van der Waals surface area contributed by atoms with E-state index in [0.717, 1.165) is 12.8 Å². The lowest BCUT2D eigenvalue weighted by atomic mass is 9.87. The van der Waals surface area contributed by atoms with Crippen molar-refractivity contribution < 1.29 is 40.4 Å². The standard InChI is InChI=1S/C13H19F3O6S/c1-20-12-8-5-6-4-7(8)11(22-12)10(6)21-3-2-9(14)13(15,16)23(17,18)19/h6-12H,2-5H2,1H3,(H,17,18,19). The molecule has 1 N–H and O–H groups in total. The second-order valence-electron chi connectivity index (χ2n) is 6.39. The maximum Gasteiger partial charge on any atom is 0.400 e. The van der Waals surface area contributed by atoms with Crippen LogP contribution >= 0.6 is 0 Å². The molecule has 10 heteroatoms. The first-order valence-electron chi connectivity index (χ1n) is 7.45. The normalized spacial score (nSPS) is 40.7. The third-order valence-electron chi connectivity index (χ3n) is 5.17. The summed E-state index contributed by atoms with van der Waals surface area (Å²) in [6, 6.07) is 0. The van der Waals surface area contributed by atoms with Crippen LogP contribution < -0.4 is 0 Å². The highest BCUT2D eigenvalue weighted by molar-refractivity contribution is 7.86. The molecule has 23 heavy (non-hydrogen) atoms. The highest BCUT2D eigenvalue weighted by Gasteiger charge is 2.61. The smallest absolute Gasteiger partial charge is 0.375 e. The van der Waals surface area contributed by atoms with Gasteiger partial charge < -0.3 is 14.2 Å². The number of hydrogen-bond donors (Lipinski definition) is 1. The van der Waals surface area contributed by atoms with Crippen LogP contribution in [0.5, 0.6) is 0 Å². The van der Waals surface area contributed by atoms with E-state index in [2.05, 4.69) is 0 Å². The van der Waals surface area contributed by atoms with E-state index < -0.39 is 28.0 Å². The fourth-order valence-corrected chi connectivity index (χ4v) is 4.59. The monoisotopic (exact) mass is 360 g/mol. The summed E-state index contributed by atoms with van der Waals surface area (Å²) in [6.07, 6.45) is -2.90. The topological polar surface area (TPSA) is 82.1 Å². The van der Waals surface area contributed by atoms with Crippen LogP contribution in [0.15, 0.2) is 0 Å². The van der Waals surface area contributed by atoms with Crippen molar-refractivity contribution in [2.75, 3.05) is 13.7 Å². The van der Waals surface area contributed by atoms with E-state index in [1.54, 1.807) is 7.11 Å². The fraction of sp³-hybridized carbons (Fsp3) is 1.00. The van der Waals surface area contributed by atoms with Gasteiger partial charge in [0, 0.05) is 19.4 Å². The lowest BCUT2D eigenvalue weighted by Gasteiger charge is -2.27. The second-order valence-corrected chi connectivity index (χ2v) is 7.89. The molecule has 0 aromatic carbocycles. The molecule has 0 spiro atoms. The summed E-state index contributed by atoms with van der Waals surface area (Å²) in [6.45, 7) is -0.373. The summed E-state index contributed by atoms with van der Waals surface area (Å²) in [5.74, 6) is 0.832. The highest BCUT2D eigenvalue weighted by Crippen LogP contribution is 2.57. The molecular formula is C13H19F3O6S. The number of hydrogen-bond acceptors (Lipinski definition) is 5. The Labute approximate surface area is 132 Å². The summed E-state index contributed by atoms with van der Waals surface area (Å²) in [4.78, 5) is 0. The third-order valence-corrected chi connectivity index (χ3v) is 6.12. The molecule has 3 fully saturated rings. The molecule has 2 saturated carbocycles. The average Bonchev–Trinajstić information content (AvgIpc) is 3.06. The van der Waals surface area contributed by atoms with Gasteiger partial charge in [-0.3, -0.25) is 4.55 Å². The average molecular weight is 360 g/mol. The van der Waals surface area contributed by atoms with E-state index in [-0.39, 0.29) is 31.0 Å². The zero-order chi connectivity index (χ0) is 17.0. The number of fused-ring (bicyclic) bond motifs is 1. The Morgan fingerprint density at radius 2 is 2.00 bits per heavy atom. The maximum absolute atomic E-state index is 13.4. The van der Waals surface area contributed by atoms with Crippen molar-refractivity contribution in [3.8, 4) is 0 Å². The summed E-state index contributed by atoms with van der Waals surface area (Å²) in [7, 11) is -4.22. The first kappa shape index (κ1) is 17.4. The van der Waals surface area contributed by atoms with Gasteiger partial charge in [-0.1, -0.05) is 0 Å². The predicted octanol–water partition coefficient (Wildman–Crippen LogP) is 1.61. The molecule has 2 bridgehead atoms. The summed E-state index contributed by atoms with van der Waals surface area (Å²) >= 11 is 0. The molecule has 134 valence electrons. The van der Waals surface area contributed by atoms with E-state index in [1.807, 2.05) is 0 Å². The number of ether oxygens (including phenoxy) is 3. The van der Waals surface area contributed by atoms with Crippen molar-refractivity contribution in [3.63, 3.8) is 0 Å². The minimum Gasteiger partial charge on any atom is -0.375 e. The Kier molecular flexibility index (Phi) is 4.41. The van der Waals surface area contributed by atoms with Gasteiger partial charge in [-0.05, 0) is 24.7 Å². The van der Waals surface area contributed by atoms with Gasteiger partial charge in [0.15, 0.2) is 12.5 Å². The van der Waals surface area contributed by atoms with E-state index in [4.69, 9.17) is 18.8 Å². The van der Waals surface area contributed by atoms with Crippen LogP contribution in [0.1, 0.15) is 19.3 Å².